The van der Waals surface area contributed by atoms with Crippen LogP contribution in [0.5, 0.6) is 0 Å². The number of fused-ring (bicyclic) bond motifs is 1. The molecular weight excluding hydrogens is 280 g/mol. The van der Waals surface area contributed by atoms with Gasteiger partial charge in [0.25, 0.3) is 0 Å². The summed E-state index contributed by atoms with van der Waals surface area (Å²) in [6.45, 7) is 0.853. The third-order valence-electron chi connectivity index (χ3n) is 6.00. The second-order valence-corrected chi connectivity index (χ2v) is 7.73. The molecule has 0 bridgehead atoms. The summed E-state index contributed by atoms with van der Waals surface area (Å²) in [5.41, 5.74) is 5.87. The molecule has 4 unspecified atom stereocenters. The summed E-state index contributed by atoms with van der Waals surface area (Å²) in [7, 11) is 0. The van der Waals surface area contributed by atoms with Crippen LogP contribution in [0.1, 0.15) is 64.2 Å². The maximum Gasteiger partial charge on any atom is 0.226 e. The van der Waals surface area contributed by atoms with Crippen molar-refractivity contribution in [1.29, 1.82) is 0 Å². The summed E-state index contributed by atoms with van der Waals surface area (Å²) >= 11 is 5.19. The molecule has 3 aliphatic rings. The van der Waals surface area contributed by atoms with E-state index in [9.17, 15) is 4.79 Å². The molecule has 2 saturated carbocycles. The van der Waals surface area contributed by atoms with E-state index in [1.54, 1.807) is 0 Å². The van der Waals surface area contributed by atoms with Gasteiger partial charge in [0.15, 0.2) is 0 Å². The van der Waals surface area contributed by atoms with Crippen LogP contribution in [0.3, 0.4) is 0 Å². The highest BCUT2D eigenvalue weighted by Gasteiger charge is 2.38. The van der Waals surface area contributed by atoms with Crippen molar-refractivity contribution in [3.63, 3.8) is 0 Å². The average Bonchev–Trinajstić information content (AvgIpc) is 2.53. The van der Waals surface area contributed by atoms with Crippen LogP contribution in [-0.4, -0.2) is 28.4 Å². The fourth-order valence-electron chi connectivity index (χ4n) is 4.82. The normalized spacial score (nSPS) is 36.9. The van der Waals surface area contributed by atoms with Gasteiger partial charge in [0.05, 0.1) is 11.0 Å². The quantitative estimate of drug-likeness (QED) is 0.797. The van der Waals surface area contributed by atoms with Gasteiger partial charge in [-0.1, -0.05) is 37.9 Å². The smallest absolute Gasteiger partial charge is 0.226 e. The van der Waals surface area contributed by atoms with E-state index >= 15 is 0 Å². The number of hydrogen-bond acceptors (Lipinski definition) is 2. The van der Waals surface area contributed by atoms with Crippen LogP contribution in [0, 0.1) is 17.8 Å². The molecule has 118 valence electrons. The van der Waals surface area contributed by atoms with Gasteiger partial charge in [0.2, 0.25) is 5.91 Å². The molecule has 4 heteroatoms. The number of rotatable bonds is 2. The van der Waals surface area contributed by atoms with Gasteiger partial charge in [0.1, 0.15) is 0 Å². The number of carbonyl (C=O) groups is 1. The van der Waals surface area contributed by atoms with Crippen LogP contribution >= 0.6 is 12.2 Å². The number of piperidine rings is 1. The first-order valence-corrected chi connectivity index (χ1v) is 9.17. The molecule has 1 saturated heterocycles. The van der Waals surface area contributed by atoms with Gasteiger partial charge in [-0.2, -0.15) is 0 Å². The average molecular weight is 308 g/mol. The van der Waals surface area contributed by atoms with E-state index in [-0.39, 0.29) is 12.0 Å². The zero-order valence-corrected chi connectivity index (χ0v) is 13.7. The van der Waals surface area contributed by atoms with Crippen molar-refractivity contribution in [2.24, 2.45) is 23.5 Å². The van der Waals surface area contributed by atoms with Gasteiger partial charge >= 0.3 is 0 Å². The highest BCUT2D eigenvalue weighted by Crippen LogP contribution is 2.43. The van der Waals surface area contributed by atoms with E-state index in [0.717, 1.165) is 50.5 Å². The summed E-state index contributed by atoms with van der Waals surface area (Å²) in [6.07, 6.45) is 12.1. The Morgan fingerprint density at radius 2 is 1.67 bits per heavy atom. The third kappa shape index (κ3) is 3.25. The van der Waals surface area contributed by atoms with E-state index < -0.39 is 0 Å². The third-order valence-corrected chi connectivity index (χ3v) is 6.28. The Labute approximate surface area is 133 Å². The largest absolute Gasteiger partial charge is 0.392 e. The minimum absolute atomic E-state index is 0.0188. The minimum Gasteiger partial charge on any atom is -0.392 e. The molecule has 21 heavy (non-hydrogen) atoms. The number of nitrogens with two attached hydrogens (primary N) is 1. The van der Waals surface area contributed by atoms with Crippen LogP contribution in [0.4, 0.5) is 0 Å². The first-order chi connectivity index (χ1) is 10.2. The van der Waals surface area contributed by atoms with Crippen molar-refractivity contribution in [3.8, 4) is 0 Å². The Hall–Kier alpha value is -0.640. The Bertz CT molecular complexity index is 412. The van der Waals surface area contributed by atoms with E-state index in [0.29, 0.717) is 10.9 Å². The molecule has 1 aliphatic heterocycles. The molecule has 4 atom stereocenters. The number of amides is 1. The maximum atomic E-state index is 13.0. The standard InChI is InChI=1S/C17H28N2OS/c18-16(21)15-7-3-4-10-19(15)17(20)14-9-8-12-5-1-2-6-13(12)11-14/h12-15H,1-11H2,(H2,18,21). The van der Waals surface area contributed by atoms with Crippen molar-refractivity contribution < 1.29 is 4.79 Å². The van der Waals surface area contributed by atoms with E-state index in [2.05, 4.69) is 0 Å². The Kier molecular flexibility index (Phi) is 4.82. The first kappa shape index (κ1) is 15.3. The van der Waals surface area contributed by atoms with Crippen molar-refractivity contribution in [3.05, 3.63) is 0 Å². The first-order valence-electron chi connectivity index (χ1n) is 8.76. The van der Waals surface area contributed by atoms with Crippen LogP contribution < -0.4 is 5.73 Å². The molecule has 1 amide bonds. The Morgan fingerprint density at radius 1 is 0.952 bits per heavy atom. The molecular formula is C17H28N2OS. The highest BCUT2D eigenvalue weighted by atomic mass is 32.1. The number of nitrogens with zero attached hydrogens (tertiary/aromatic N) is 1. The van der Waals surface area contributed by atoms with Crippen molar-refractivity contribution in [2.75, 3.05) is 6.54 Å². The molecule has 2 N–H and O–H groups in total. The minimum atomic E-state index is 0.0188. The van der Waals surface area contributed by atoms with Crippen LogP contribution in [-0.2, 0) is 4.79 Å². The molecule has 0 aromatic rings. The second kappa shape index (κ2) is 6.64. The zero-order valence-electron chi connectivity index (χ0n) is 12.9. The molecule has 3 rings (SSSR count). The summed E-state index contributed by atoms with van der Waals surface area (Å²) in [6, 6.07) is 0.0188. The van der Waals surface area contributed by atoms with Crippen LogP contribution in [0.2, 0.25) is 0 Å². The van der Waals surface area contributed by atoms with Crippen molar-refractivity contribution in [2.45, 2.75) is 70.3 Å². The van der Waals surface area contributed by atoms with Gasteiger partial charge in [-0.15, -0.1) is 0 Å². The van der Waals surface area contributed by atoms with Gasteiger partial charge in [0, 0.05) is 12.5 Å². The van der Waals surface area contributed by atoms with E-state index in [1.807, 2.05) is 4.90 Å². The SMILES string of the molecule is NC(=S)C1CCCCN1C(=O)C1CCC2CCCCC2C1. The monoisotopic (exact) mass is 308 g/mol. The lowest BCUT2D eigenvalue weighted by atomic mass is 9.67. The maximum absolute atomic E-state index is 13.0. The van der Waals surface area contributed by atoms with Crippen LogP contribution in [0.15, 0.2) is 0 Å². The fraction of sp³-hybridized carbons (Fsp3) is 0.882. The second-order valence-electron chi connectivity index (χ2n) is 7.26. The number of carbonyl (C=O) groups excluding carboxylic acids is 1. The molecule has 1 heterocycles. The summed E-state index contributed by atoms with van der Waals surface area (Å²) in [4.78, 5) is 15.5. The number of thiocarbonyl (C=S) groups is 1. The lowest BCUT2D eigenvalue weighted by Gasteiger charge is -2.42. The predicted octanol–water partition coefficient (Wildman–Crippen LogP) is 3.26. The topological polar surface area (TPSA) is 46.3 Å². The number of hydrogen-bond donors (Lipinski definition) is 1. The van der Waals surface area contributed by atoms with Gasteiger partial charge in [-0.05, 0) is 50.4 Å². The predicted molar refractivity (Wildman–Crippen MR) is 88.9 cm³/mol. The van der Waals surface area contributed by atoms with E-state index in [1.165, 1.54) is 32.1 Å². The molecule has 0 spiro atoms. The molecule has 0 radical (unpaired) electrons. The van der Waals surface area contributed by atoms with E-state index in [4.69, 9.17) is 18.0 Å². The van der Waals surface area contributed by atoms with Gasteiger partial charge in [-0.25, -0.2) is 0 Å². The molecule has 0 aromatic heterocycles. The lowest BCUT2D eigenvalue weighted by molar-refractivity contribution is -0.140. The number of likely N-dealkylation sites (tertiary alicyclic amines) is 1. The summed E-state index contributed by atoms with van der Waals surface area (Å²) in [5, 5.41) is 0. The van der Waals surface area contributed by atoms with Gasteiger partial charge in [-0.3, -0.25) is 4.79 Å². The molecule has 0 aromatic carbocycles. The zero-order chi connectivity index (χ0) is 14.8. The molecule has 3 fully saturated rings. The summed E-state index contributed by atoms with van der Waals surface area (Å²) < 4.78 is 0. The van der Waals surface area contributed by atoms with Crippen LogP contribution in [0.25, 0.3) is 0 Å². The van der Waals surface area contributed by atoms with Crippen molar-refractivity contribution >= 4 is 23.1 Å². The fourth-order valence-corrected chi connectivity index (χ4v) is 5.07. The van der Waals surface area contributed by atoms with Crippen molar-refractivity contribution in [1.82, 2.24) is 4.90 Å². The van der Waals surface area contributed by atoms with Gasteiger partial charge < -0.3 is 10.6 Å². The Balaban J connectivity index is 1.65. The molecule has 3 nitrogen and oxygen atoms in total. The Morgan fingerprint density at radius 3 is 2.43 bits per heavy atom. The molecule has 2 aliphatic carbocycles. The lowest BCUT2D eigenvalue weighted by Crippen LogP contribution is -2.52. The summed E-state index contributed by atoms with van der Waals surface area (Å²) in [5.74, 6) is 2.28. The highest BCUT2D eigenvalue weighted by molar-refractivity contribution is 7.80.